The first-order chi connectivity index (χ1) is 6.77. The first kappa shape index (κ1) is 15.7. The van der Waals surface area contributed by atoms with Gasteiger partial charge in [-0.05, 0) is 24.7 Å². The molecule has 1 unspecified atom stereocenters. The van der Waals surface area contributed by atoms with Crippen molar-refractivity contribution in [2.24, 2.45) is 0 Å². The molecule has 2 nitrogen and oxygen atoms in total. The van der Waals surface area contributed by atoms with Gasteiger partial charge in [-0.1, -0.05) is 12.1 Å². The molecule has 0 aromatic heterocycles. The predicted molar refractivity (Wildman–Crippen MR) is 69.1 cm³/mol. The van der Waals surface area contributed by atoms with Crippen molar-refractivity contribution < 1.29 is 4.39 Å². The van der Waals surface area contributed by atoms with Gasteiger partial charge in [0.1, 0.15) is 5.82 Å². The molecule has 0 spiro atoms. The zero-order valence-corrected chi connectivity index (χ0v) is 10.8. The molecule has 2 rings (SSSR count). The Morgan fingerprint density at radius 2 is 1.88 bits per heavy atom. The lowest BCUT2D eigenvalue weighted by molar-refractivity contribution is 0.202. The fourth-order valence-electron chi connectivity index (χ4n) is 1.86. The molecule has 1 atom stereocenters. The van der Waals surface area contributed by atoms with Crippen LogP contribution in [0, 0.1) is 5.82 Å². The summed E-state index contributed by atoms with van der Waals surface area (Å²) in [4.78, 5) is 2.30. The summed E-state index contributed by atoms with van der Waals surface area (Å²) in [6.07, 6.45) is 0. The van der Waals surface area contributed by atoms with Crippen LogP contribution < -0.4 is 5.32 Å². The Kier molecular flexibility index (Phi) is 6.91. The average Bonchev–Trinajstić information content (AvgIpc) is 2.20. The second-order valence-corrected chi connectivity index (χ2v) is 3.75. The van der Waals surface area contributed by atoms with Crippen LogP contribution in [0.1, 0.15) is 11.6 Å². The zero-order chi connectivity index (χ0) is 9.97. The highest BCUT2D eigenvalue weighted by molar-refractivity contribution is 5.85. The van der Waals surface area contributed by atoms with Crippen LogP contribution in [0.2, 0.25) is 0 Å². The minimum absolute atomic E-state index is 0. The topological polar surface area (TPSA) is 15.3 Å². The number of nitrogens with zero attached hydrogens (tertiary/aromatic N) is 1. The second kappa shape index (κ2) is 7.07. The van der Waals surface area contributed by atoms with Crippen LogP contribution in [0.25, 0.3) is 0 Å². The van der Waals surface area contributed by atoms with Gasteiger partial charge in [0.05, 0.1) is 0 Å². The Balaban J connectivity index is 0.00000112. The van der Waals surface area contributed by atoms with Gasteiger partial charge in [-0.25, -0.2) is 4.39 Å². The highest BCUT2D eigenvalue weighted by atomic mass is 35.5. The van der Waals surface area contributed by atoms with Gasteiger partial charge in [0.25, 0.3) is 0 Å². The van der Waals surface area contributed by atoms with Crippen LogP contribution in [0.15, 0.2) is 24.3 Å². The van der Waals surface area contributed by atoms with E-state index < -0.39 is 0 Å². The number of halogens is 3. The summed E-state index contributed by atoms with van der Waals surface area (Å²) < 4.78 is 12.7. The van der Waals surface area contributed by atoms with Crippen LogP contribution >= 0.6 is 24.8 Å². The molecule has 1 heterocycles. The van der Waals surface area contributed by atoms with Gasteiger partial charge in [0.15, 0.2) is 0 Å². The third-order valence-corrected chi connectivity index (χ3v) is 2.77. The fourth-order valence-corrected chi connectivity index (χ4v) is 1.86. The highest BCUT2D eigenvalue weighted by Gasteiger charge is 2.19. The largest absolute Gasteiger partial charge is 0.314 e. The standard InChI is InChI=1S/C11H15FN2.2ClH/c1-14-7-6-13-8-11(14)9-2-4-10(12)5-3-9;;/h2-5,11,13H,6-8H2,1H3;2*1H. The number of likely N-dealkylation sites (N-methyl/N-ethyl adjacent to an activating group) is 1. The number of hydrogen-bond acceptors (Lipinski definition) is 2. The summed E-state index contributed by atoms with van der Waals surface area (Å²) in [5, 5.41) is 3.34. The molecule has 0 amide bonds. The molecule has 0 saturated carbocycles. The lowest BCUT2D eigenvalue weighted by Gasteiger charge is -2.33. The van der Waals surface area contributed by atoms with Crippen molar-refractivity contribution in [2.75, 3.05) is 26.7 Å². The molecule has 0 bridgehead atoms. The molecular formula is C11H17Cl2FN2. The summed E-state index contributed by atoms with van der Waals surface area (Å²) in [5.41, 5.74) is 1.18. The van der Waals surface area contributed by atoms with Crippen LogP contribution in [0.3, 0.4) is 0 Å². The van der Waals surface area contributed by atoms with Gasteiger partial charge in [-0.2, -0.15) is 0 Å². The highest BCUT2D eigenvalue weighted by Crippen LogP contribution is 2.20. The van der Waals surface area contributed by atoms with Gasteiger partial charge >= 0.3 is 0 Å². The Hall–Kier alpha value is -0.350. The lowest BCUT2D eigenvalue weighted by atomic mass is 10.0. The molecule has 1 aliphatic rings. The van der Waals surface area contributed by atoms with Gasteiger partial charge < -0.3 is 5.32 Å². The molecule has 16 heavy (non-hydrogen) atoms. The average molecular weight is 267 g/mol. The fraction of sp³-hybridized carbons (Fsp3) is 0.455. The third kappa shape index (κ3) is 3.59. The first-order valence-electron chi connectivity index (χ1n) is 4.94. The van der Waals surface area contributed by atoms with E-state index in [1.165, 1.54) is 17.7 Å². The second-order valence-electron chi connectivity index (χ2n) is 3.75. The van der Waals surface area contributed by atoms with E-state index in [1.807, 2.05) is 12.1 Å². The predicted octanol–water partition coefficient (Wildman–Crippen LogP) is 2.25. The summed E-state index contributed by atoms with van der Waals surface area (Å²) in [7, 11) is 2.11. The van der Waals surface area contributed by atoms with E-state index in [4.69, 9.17) is 0 Å². The molecule has 1 saturated heterocycles. The third-order valence-electron chi connectivity index (χ3n) is 2.77. The van der Waals surface area contributed by atoms with E-state index in [2.05, 4.69) is 17.3 Å². The molecule has 5 heteroatoms. The number of benzene rings is 1. The summed E-state index contributed by atoms with van der Waals surface area (Å²) in [6, 6.07) is 7.16. The summed E-state index contributed by atoms with van der Waals surface area (Å²) in [6.45, 7) is 3.03. The van der Waals surface area contributed by atoms with Crippen molar-refractivity contribution in [3.8, 4) is 0 Å². The van der Waals surface area contributed by atoms with Crippen molar-refractivity contribution in [3.63, 3.8) is 0 Å². The molecule has 1 aromatic rings. The molecular weight excluding hydrogens is 250 g/mol. The number of hydrogen-bond donors (Lipinski definition) is 1. The summed E-state index contributed by atoms with van der Waals surface area (Å²) in [5.74, 6) is -0.167. The van der Waals surface area contributed by atoms with Crippen molar-refractivity contribution >= 4 is 24.8 Å². The molecule has 1 fully saturated rings. The minimum Gasteiger partial charge on any atom is -0.314 e. The van der Waals surface area contributed by atoms with E-state index in [9.17, 15) is 4.39 Å². The lowest BCUT2D eigenvalue weighted by Crippen LogP contribution is -2.43. The Morgan fingerprint density at radius 1 is 1.25 bits per heavy atom. The van der Waals surface area contributed by atoms with Gasteiger partial charge in [0, 0.05) is 25.7 Å². The van der Waals surface area contributed by atoms with Crippen LogP contribution in [0.4, 0.5) is 4.39 Å². The van der Waals surface area contributed by atoms with Crippen molar-refractivity contribution in [1.82, 2.24) is 10.2 Å². The minimum atomic E-state index is -0.167. The van der Waals surface area contributed by atoms with Crippen molar-refractivity contribution in [1.29, 1.82) is 0 Å². The van der Waals surface area contributed by atoms with Crippen LogP contribution in [-0.2, 0) is 0 Å². The Labute approximate surface area is 108 Å². The van der Waals surface area contributed by atoms with E-state index in [0.717, 1.165) is 19.6 Å². The maximum Gasteiger partial charge on any atom is 0.123 e. The monoisotopic (exact) mass is 266 g/mol. The van der Waals surface area contributed by atoms with Crippen LogP contribution in [-0.4, -0.2) is 31.6 Å². The molecule has 0 radical (unpaired) electrons. The Bertz CT molecular complexity index is 305. The zero-order valence-electron chi connectivity index (χ0n) is 9.15. The quantitative estimate of drug-likeness (QED) is 0.839. The molecule has 1 N–H and O–H groups in total. The van der Waals surface area contributed by atoms with Gasteiger partial charge in [-0.15, -0.1) is 24.8 Å². The molecule has 1 aromatic carbocycles. The number of rotatable bonds is 1. The molecule has 92 valence electrons. The maximum atomic E-state index is 12.7. The molecule has 1 aliphatic heterocycles. The van der Waals surface area contributed by atoms with E-state index in [0.29, 0.717) is 6.04 Å². The smallest absolute Gasteiger partial charge is 0.123 e. The van der Waals surface area contributed by atoms with E-state index in [-0.39, 0.29) is 30.6 Å². The normalized spacial score (nSPS) is 20.8. The van der Waals surface area contributed by atoms with Crippen molar-refractivity contribution in [3.05, 3.63) is 35.6 Å². The first-order valence-corrected chi connectivity index (χ1v) is 4.94. The molecule has 0 aliphatic carbocycles. The number of nitrogens with one attached hydrogen (secondary N) is 1. The number of piperazine rings is 1. The summed E-state index contributed by atoms with van der Waals surface area (Å²) >= 11 is 0. The van der Waals surface area contributed by atoms with E-state index in [1.54, 1.807) is 0 Å². The van der Waals surface area contributed by atoms with Crippen molar-refractivity contribution in [2.45, 2.75) is 6.04 Å². The van der Waals surface area contributed by atoms with E-state index >= 15 is 0 Å². The van der Waals surface area contributed by atoms with Crippen LogP contribution in [0.5, 0.6) is 0 Å². The Morgan fingerprint density at radius 3 is 2.44 bits per heavy atom. The van der Waals surface area contributed by atoms with Gasteiger partial charge in [0.2, 0.25) is 0 Å². The maximum absolute atomic E-state index is 12.7. The SMILES string of the molecule is CN1CCNCC1c1ccc(F)cc1.Cl.Cl. The van der Waals surface area contributed by atoms with Gasteiger partial charge in [-0.3, -0.25) is 4.90 Å².